The van der Waals surface area contributed by atoms with Gasteiger partial charge in [0.15, 0.2) is 0 Å². The fourth-order valence-electron chi connectivity index (χ4n) is 4.76. The molecule has 1 aromatic carbocycles. The van der Waals surface area contributed by atoms with Gasteiger partial charge in [-0.3, -0.25) is 14.1 Å². The molecule has 2 aliphatic rings. The number of carbonyl (C=O) groups is 1. The molecule has 1 N–H and O–H groups in total. The molecular weight excluding hydrogens is 341 g/mol. The maximum absolute atomic E-state index is 13.1. The van der Waals surface area contributed by atoms with Gasteiger partial charge in [0.25, 0.3) is 0 Å². The number of aromatic nitrogens is 1. The molecule has 1 amide bonds. The van der Waals surface area contributed by atoms with Crippen LogP contribution in [0.1, 0.15) is 31.4 Å². The molecule has 27 heavy (non-hydrogen) atoms. The third-order valence-electron chi connectivity index (χ3n) is 6.09. The summed E-state index contributed by atoms with van der Waals surface area (Å²) in [5, 5.41) is 1.28. The molecule has 1 aliphatic carbocycles. The summed E-state index contributed by atoms with van der Waals surface area (Å²) >= 11 is 0. The Balaban J connectivity index is 1.77. The van der Waals surface area contributed by atoms with Crippen LogP contribution in [-0.4, -0.2) is 59.6 Å². The number of nitrogens with one attached hydrogen (secondary N) is 1. The van der Waals surface area contributed by atoms with Gasteiger partial charge in [0, 0.05) is 49.3 Å². The molecule has 4 nitrogen and oxygen atoms in total. The number of fused-ring (bicyclic) bond motifs is 2. The Morgan fingerprint density at radius 2 is 2.15 bits per heavy atom. The van der Waals surface area contributed by atoms with Gasteiger partial charge >= 0.3 is 0 Å². The van der Waals surface area contributed by atoms with E-state index in [0.29, 0.717) is 19.5 Å². The number of amides is 1. The molecule has 2 aromatic rings. The Morgan fingerprint density at radius 3 is 2.89 bits per heavy atom. The van der Waals surface area contributed by atoms with Crippen LogP contribution >= 0.6 is 0 Å². The van der Waals surface area contributed by atoms with Crippen LogP contribution in [0.25, 0.3) is 16.5 Å². The Labute approximate surface area is 160 Å². The van der Waals surface area contributed by atoms with Gasteiger partial charge in [-0.15, -0.1) is 0 Å². The molecule has 0 spiro atoms. The van der Waals surface area contributed by atoms with Crippen molar-refractivity contribution in [2.24, 2.45) is 5.92 Å². The fraction of sp³-hybridized carbons (Fsp3) is 0.500. The van der Waals surface area contributed by atoms with E-state index < -0.39 is 0 Å². The van der Waals surface area contributed by atoms with Gasteiger partial charge in [-0.1, -0.05) is 18.2 Å². The third-order valence-corrected chi connectivity index (χ3v) is 6.09. The van der Waals surface area contributed by atoms with E-state index >= 15 is 0 Å². The van der Waals surface area contributed by atoms with Crippen molar-refractivity contribution in [3.05, 3.63) is 41.6 Å². The van der Waals surface area contributed by atoms with Crippen LogP contribution in [0.3, 0.4) is 0 Å². The van der Waals surface area contributed by atoms with Gasteiger partial charge < -0.3 is 9.88 Å². The summed E-state index contributed by atoms with van der Waals surface area (Å²) < 4.78 is 12.9. The van der Waals surface area contributed by atoms with Gasteiger partial charge in [0.05, 0.1) is 12.6 Å². The average molecular weight is 369 g/mol. The van der Waals surface area contributed by atoms with E-state index in [0.717, 1.165) is 25.0 Å². The van der Waals surface area contributed by atoms with Gasteiger partial charge in [-0.2, -0.15) is 0 Å². The first kappa shape index (κ1) is 18.2. The fourth-order valence-corrected chi connectivity index (χ4v) is 4.76. The Hall–Kier alpha value is -2.14. The summed E-state index contributed by atoms with van der Waals surface area (Å²) in [6, 6.07) is 6.56. The topological polar surface area (TPSA) is 39.3 Å². The number of benzene rings is 1. The van der Waals surface area contributed by atoms with Crippen LogP contribution in [0.15, 0.2) is 30.5 Å². The van der Waals surface area contributed by atoms with E-state index in [2.05, 4.69) is 40.4 Å². The molecule has 0 saturated carbocycles. The van der Waals surface area contributed by atoms with Crippen molar-refractivity contribution in [2.75, 3.05) is 32.9 Å². The highest BCUT2D eigenvalue weighted by atomic mass is 19.1. The van der Waals surface area contributed by atoms with Crippen LogP contribution in [0, 0.1) is 5.92 Å². The molecule has 1 aromatic heterocycles. The molecule has 0 fully saturated rings. The smallest absolute Gasteiger partial charge is 0.230 e. The summed E-state index contributed by atoms with van der Waals surface area (Å²) in [6.07, 6.45) is 5.73. The van der Waals surface area contributed by atoms with E-state index in [1.807, 2.05) is 18.7 Å². The Morgan fingerprint density at radius 1 is 1.33 bits per heavy atom. The highest BCUT2D eigenvalue weighted by Gasteiger charge is 2.37. The lowest BCUT2D eigenvalue weighted by molar-refractivity contribution is -0.134. The van der Waals surface area contributed by atoms with Crippen molar-refractivity contribution in [1.82, 2.24) is 14.8 Å². The van der Waals surface area contributed by atoms with Crippen molar-refractivity contribution in [3.8, 4) is 0 Å². The van der Waals surface area contributed by atoms with Gasteiger partial charge in [-0.05, 0) is 49.5 Å². The number of hydrogen-bond acceptors (Lipinski definition) is 2. The van der Waals surface area contributed by atoms with E-state index in [4.69, 9.17) is 0 Å². The number of hydrogen-bond donors (Lipinski definition) is 1. The number of rotatable bonds is 6. The number of H-pyrrole nitrogens is 1. The zero-order valence-electron chi connectivity index (χ0n) is 16.2. The second-order valence-corrected chi connectivity index (χ2v) is 7.54. The van der Waals surface area contributed by atoms with Crippen molar-refractivity contribution in [2.45, 2.75) is 32.7 Å². The highest BCUT2D eigenvalue weighted by molar-refractivity contribution is 5.99. The van der Waals surface area contributed by atoms with Crippen LogP contribution < -0.4 is 0 Å². The predicted molar refractivity (Wildman–Crippen MR) is 107 cm³/mol. The quantitative estimate of drug-likeness (QED) is 0.844. The second kappa shape index (κ2) is 7.47. The van der Waals surface area contributed by atoms with E-state index in [1.54, 1.807) is 0 Å². The van der Waals surface area contributed by atoms with E-state index in [1.165, 1.54) is 22.1 Å². The first-order valence-corrected chi connectivity index (χ1v) is 10.1. The monoisotopic (exact) mass is 369 g/mol. The molecule has 2 atom stereocenters. The zero-order valence-corrected chi connectivity index (χ0v) is 16.2. The minimum atomic E-state index is -0.318. The van der Waals surface area contributed by atoms with E-state index in [-0.39, 0.29) is 24.5 Å². The van der Waals surface area contributed by atoms with Crippen molar-refractivity contribution < 1.29 is 9.18 Å². The molecule has 144 valence electrons. The molecule has 0 saturated heterocycles. The lowest BCUT2D eigenvalue weighted by Gasteiger charge is -2.42. The van der Waals surface area contributed by atoms with Crippen LogP contribution in [0.5, 0.6) is 0 Å². The summed E-state index contributed by atoms with van der Waals surface area (Å²) in [6.45, 7) is 6.54. The molecule has 1 aliphatic heterocycles. The SMILES string of the molecule is CCN(CC)C(=O)C1C=C2c3cccc4[nH]cc(c34)CC2N(CCCF)C1. The highest BCUT2D eigenvalue weighted by Crippen LogP contribution is 2.41. The predicted octanol–water partition coefficient (Wildman–Crippen LogP) is 3.64. The van der Waals surface area contributed by atoms with Crippen molar-refractivity contribution >= 4 is 22.4 Å². The summed E-state index contributed by atoms with van der Waals surface area (Å²) in [5.41, 5.74) is 4.93. The van der Waals surface area contributed by atoms with Crippen molar-refractivity contribution in [3.63, 3.8) is 0 Å². The zero-order chi connectivity index (χ0) is 19.0. The maximum atomic E-state index is 13.1. The average Bonchev–Trinajstić information content (AvgIpc) is 3.11. The molecule has 0 bridgehead atoms. The van der Waals surface area contributed by atoms with Crippen LogP contribution in [0.2, 0.25) is 0 Å². The number of aromatic amines is 1. The first-order valence-electron chi connectivity index (χ1n) is 10.1. The van der Waals surface area contributed by atoms with Gasteiger partial charge in [-0.25, -0.2) is 0 Å². The summed E-state index contributed by atoms with van der Waals surface area (Å²) in [5.74, 6) is 0.0229. The molecule has 4 rings (SSSR count). The molecule has 0 radical (unpaired) electrons. The Kier molecular flexibility index (Phi) is 5.04. The molecular formula is C22H28FN3O. The van der Waals surface area contributed by atoms with Gasteiger partial charge in [0.2, 0.25) is 5.91 Å². The molecule has 2 unspecified atom stereocenters. The minimum Gasteiger partial charge on any atom is -0.361 e. The normalized spacial score (nSPS) is 21.8. The number of nitrogens with zero attached hydrogens (tertiary/aromatic N) is 2. The van der Waals surface area contributed by atoms with Crippen LogP contribution in [-0.2, 0) is 11.2 Å². The lowest BCUT2D eigenvalue weighted by atomic mass is 9.79. The first-order chi connectivity index (χ1) is 13.2. The molecule has 5 heteroatoms. The van der Waals surface area contributed by atoms with Crippen LogP contribution in [0.4, 0.5) is 4.39 Å². The number of halogens is 1. The Bertz CT molecular complexity index is 868. The number of alkyl halides is 1. The van der Waals surface area contributed by atoms with Gasteiger partial charge in [0.1, 0.15) is 0 Å². The summed E-state index contributed by atoms with van der Waals surface area (Å²) in [7, 11) is 0. The lowest BCUT2D eigenvalue weighted by Crippen LogP contribution is -2.49. The minimum absolute atomic E-state index is 0.161. The van der Waals surface area contributed by atoms with E-state index in [9.17, 15) is 9.18 Å². The standard InChI is InChI=1S/C22H28FN3O/c1-3-25(4-2)22(27)16-11-18-17-7-5-8-19-21(17)15(13-24-19)12-20(18)26(14-16)10-6-9-23/h5,7-8,11,13,16,20,24H,3-4,6,9-10,12,14H2,1-2H3. The second-order valence-electron chi connectivity index (χ2n) is 7.54. The summed E-state index contributed by atoms with van der Waals surface area (Å²) in [4.78, 5) is 20.7. The third kappa shape index (κ3) is 3.08. The molecule has 2 heterocycles. The number of carbonyl (C=O) groups excluding carboxylic acids is 1. The maximum Gasteiger partial charge on any atom is 0.230 e. The van der Waals surface area contributed by atoms with Crippen molar-refractivity contribution in [1.29, 1.82) is 0 Å². The largest absolute Gasteiger partial charge is 0.361 e.